The molecule has 2 N–H and O–H groups in total. The van der Waals surface area contributed by atoms with E-state index in [2.05, 4.69) is 11.7 Å². The van der Waals surface area contributed by atoms with E-state index in [0.717, 1.165) is 25.7 Å². The molecular weight excluding hydrogens is 224 g/mol. The van der Waals surface area contributed by atoms with Gasteiger partial charge in [-0.15, -0.1) is 0 Å². The lowest BCUT2D eigenvalue weighted by Gasteiger charge is -2.16. The number of hydrogen-bond acceptors (Lipinski definition) is 2. The molecule has 96 valence electrons. The number of nitrogens with two attached hydrogens (primary N) is 1. The molecule has 1 rings (SSSR count). The molecule has 0 unspecified atom stereocenters. The van der Waals surface area contributed by atoms with E-state index in [9.17, 15) is 8.78 Å². The fraction of sp³-hybridized carbons (Fsp3) is 0.538. The van der Waals surface area contributed by atoms with Crippen molar-refractivity contribution in [2.45, 2.75) is 45.3 Å². The maximum absolute atomic E-state index is 12.2. The van der Waals surface area contributed by atoms with Gasteiger partial charge in [-0.05, 0) is 12.5 Å². The molecule has 0 saturated carbocycles. The quantitative estimate of drug-likeness (QED) is 0.738. The zero-order valence-electron chi connectivity index (χ0n) is 10.0. The molecule has 0 fully saturated rings. The summed E-state index contributed by atoms with van der Waals surface area (Å²) in [4.78, 5) is 0. The van der Waals surface area contributed by atoms with E-state index >= 15 is 0 Å². The van der Waals surface area contributed by atoms with Gasteiger partial charge in [-0.3, -0.25) is 0 Å². The Hall–Kier alpha value is -1.16. The first-order valence-electron chi connectivity index (χ1n) is 5.94. The maximum Gasteiger partial charge on any atom is 0.387 e. The largest absolute Gasteiger partial charge is 0.434 e. The first-order valence-corrected chi connectivity index (χ1v) is 5.94. The second-order valence-electron chi connectivity index (χ2n) is 4.02. The van der Waals surface area contributed by atoms with Gasteiger partial charge in [0.05, 0.1) is 0 Å². The predicted molar refractivity (Wildman–Crippen MR) is 64.1 cm³/mol. The number of benzene rings is 1. The molecule has 0 amide bonds. The number of halogens is 2. The molecule has 1 aromatic rings. The summed E-state index contributed by atoms with van der Waals surface area (Å²) in [6.45, 7) is -0.696. The third kappa shape index (κ3) is 4.69. The van der Waals surface area contributed by atoms with Gasteiger partial charge in [-0.1, -0.05) is 44.4 Å². The van der Waals surface area contributed by atoms with Crippen LogP contribution in [0.4, 0.5) is 8.78 Å². The van der Waals surface area contributed by atoms with Gasteiger partial charge < -0.3 is 10.5 Å². The Bertz CT molecular complexity index is 331. The van der Waals surface area contributed by atoms with E-state index in [1.807, 2.05) is 0 Å². The van der Waals surface area contributed by atoms with Gasteiger partial charge >= 0.3 is 6.61 Å². The van der Waals surface area contributed by atoms with Crippen LogP contribution in [-0.2, 0) is 0 Å². The zero-order valence-corrected chi connectivity index (χ0v) is 10.0. The van der Waals surface area contributed by atoms with Crippen LogP contribution >= 0.6 is 0 Å². The summed E-state index contributed by atoms with van der Waals surface area (Å²) in [5.74, 6) is 0.187. The third-order valence-electron chi connectivity index (χ3n) is 2.65. The van der Waals surface area contributed by atoms with Crippen LogP contribution in [0.15, 0.2) is 24.3 Å². The van der Waals surface area contributed by atoms with Crippen molar-refractivity contribution in [2.75, 3.05) is 0 Å². The number of ether oxygens (including phenoxy) is 1. The molecule has 17 heavy (non-hydrogen) atoms. The van der Waals surface area contributed by atoms with Crippen LogP contribution in [0.2, 0.25) is 0 Å². The number of rotatable bonds is 7. The Morgan fingerprint density at radius 3 is 2.59 bits per heavy atom. The van der Waals surface area contributed by atoms with Crippen LogP contribution in [0, 0.1) is 0 Å². The predicted octanol–water partition coefficient (Wildman–Crippen LogP) is 3.87. The standard InChI is InChI=1S/C13H19F2NO/c1-2-3-4-8-11(16)10-7-5-6-9-12(10)17-13(14)15/h5-7,9,11,13H,2-4,8,16H2,1H3/t11-/m0/s1. The Labute approximate surface area is 101 Å². The molecule has 0 bridgehead atoms. The highest BCUT2D eigenvalue weighted by Crippen LogP contribution is 2.28. The number of hydrogen-bond donors (Lipinski definition) is 1. The van der Waals surface area contributed by atoms with Crippen LogP contribution < -0.4 is 10.5 Å². The SMILES string of the molecule is CCCCC[C@H](N)c1ccccc1OC(F)F. The zero-order chi connectivity index (χ0) is 12.7. The first kappa shape index (κ1) is 13.9. The molecule has 0 aliphatic rings. The molecule has 0 aliphatic heterocycles. The lowest BCUT2D eigenvalue weighted by atomic mass is 10.0. The van der Waals surface area contributed by atoms with Crippen molar-refractivity contribution < 1.29 is 13.5 Å². The van der Waals surface area contributed by atoms with Crippen LogP contribution in [0.5, 0.6) is 5.75 Å². The minimum absolute atomic E-state index is 0.187. The van der Waals surface area contributed by atoms with Gasteiger partial charge in [0.25, 0.3) is 0 Å². The van der Waals surface area contributed by atoms with Gasteiger partial charge in [0.2, 0.25) is 0 Å². The fourth-order valence-electron chi connectivity index (χ4n) is 1.76. The average molecular weight is 243 g/mol. The summed E-state index contributed by atoms with van der Waals surface area (Å²) in [6, 6.07) is 6.49. The smallest absolute Gasteiger partial charge is 0.387 e. The van der Waals surface area contributed by atoms with Crippen molar-refractivity contribution in [3.05, 3.63) is 29.8 Å². The highest BCUT2D eigenvalue weighted by Gasteiger charge is 2.14. The van der Waals surface area contributed by atoms with Crippen molar-refractivity contribution in [1.82, 2.24) is 0 Å². The Morgan fingerprint density at radius 2 is 1.94 bits per heavy atom. The summed E-state index contributed by atoms with van der Waals surface area (Å²) in [5, 5.41) is 0. The van der Waals surface area contributed by atoms with Crippen molar-refractivity contribution in [2.24, 2.45) is 5.73 Å². The van der Waals surface area contributed by atoms with E-state index in [-0.39, 0.29) is 11.8 Å². The van der Waals surface area contributed by atoms with Gasteiger partial charge in [0.1, 0.15) is 5.75 Å². The van der Waals surface area contributed by atoms with Gasteiger partial charge in [-0.25, -0.2) is 0 Å². The molecule has 1 aromatic carbocycles. The van der Waals surface area contributed by atoms with Crippen LogP contribution in [0.25, 0.3) is 0 Å². The van der Waals surface area contributed by atoms with E-state index in [1.165, 1.54) is 6.07 Å². The van der Waals surface area contributed by atoms with E-state index in [4.69, 9.17) is 5.73 Å². The summed E-state index contributed by atoms with van der Waals surface area (Å²) in [6.07, 6.45) is 4.01. The fourth-order valence-corrected chi connectivity index (χ4v) is 1.76. The molecule has 2 nitrogen and oxygen atoms in total. The van der Waals surface area contributed by atoms with Crippen LogP contribution in [0.3, 0.4) is 0 Å². The summed E-state index contributed by atoms with van der Waals surface area (Å²) < 4.78 is 28.9. The van der Waals surface area contributed by atoms with Gasteiger partial charge in [-0.2, -0.15) is 8.78 Å². The highest BCUT2D eigenvalue weighted by molar-refractivity contribution is 5.35. The molecule has 0 spiro atoms. The van der Waals surface area contributed by atoms with Crippen molar-refractivity contribution in [3.63, 3.8) is 0 Å². The Morgan fingerprint density at radius 1 is 1.24 bits per heavy atom. The lowest BCUT2D eigenvalue weighted by molar-refractivity contribution is -0.0506. The van der Waals surface area contributed by atoms with E-state index in [0.29, 0.717) is 5.56 Å². The summed E-state index contributed by atoms with van der Waals surface area (Å²) >= 11 is 0. The van der Waals surface area contributed by atoms with Crippen LogP contribution in [0.1, 0.15) is 44.2 Å². The Kier molecular flexibility index (Phi) is 5.91. The molecule has 1 atom stereocenters. The second kappa shape index (κ2) is 7.22. The number of alkyl halides is 2. The van der Waals surface area contributed by atoms with E-state index in [1.54, 1.807) is 18.2 Å². The Balaban J connectivity index is 2.67. The van der Waals surface area contributed by atoms with Gasteiger partial charge in [0, 0.05) is 11.6 Å². The molecule has 0 heterocycles. The molecule has 0 radical (unpaired) electrons. The van der Waals surface area contributed by atoms with Gasteiger partial charge in [0.15, 0.2) is 0 Å². The van der Waals surface area contributed by atoms with Crippen molar-refractivity contribution in [1.29, 1.82) is 0 Å². The van der Waals surface area contributed by atoms with Crippen LogP contribution in [-0.4, -0.2) is 6.61 Å². The van der Waals surface area contributed by atoms with Crippen molar-refractivity contribution >= 4 is 0 Å². The highest BCUT2D eigenvalue weighted by atomic mass is 19.3. The molecule has 0 aliphatic carbocycles. The monoisotopic (exact) mass is 243 g/mol. The first-order chi connectivity index (χ1) is 8.15. The van der Waals surface area contributed by atoms with Crippen molar-refractivity contribution in [3.8, 4) is 5.75 Å². The molecule has 0 aromatic heterocycles. The molecule has 0 saturated heterocycles. The van der Waals surface area contributed by atoms with E-state index < -0.39 is 6.61 Å². The number of unbranched alkanes of at least 4 members (excludes halogenated alkanes) is 2. The topological polar surface area (TPSA) is 35.2 Å². The summed E-state index contributed by atoms with van der Waals surface area (Å²) in [7, 11) is 0. The number of para-hydroxylation sites is 1. The minimum atomic E-state index is -2.81. The maximum atomic E-state index is 12.2. The molecular formula is C13H19F2NO. The third-order valence-corrected chi connectivity index (χ3v) is 2.65. The normalized spacial score (nSPS) is 12.8. The minimum Gasteiger partial charge on any atom is -0.434 e. The second-order valence-corrected chi connectivity index (χ2v) is 4.02. The average Bonchev–Trinajstić information content (AvgIpc) is 2.29. The summed E-state index contributed by atoms with van der Waals surface area (Å²) in [5.41, 5.74) is 6.64. The lowest BCUT2D eigenvalue weighted by Crippen LogP contribution is -2.13. The molecule has 4 heteroatoms.